The third kappa shape index (κ3) is 3.21. The van der Waals surface area contributed by atoms with Gasteiger partial charge in [0, 0.05) is 37.1 Å². The Hall–Kier alpha value is -2.48. The normalized spacial score (nSPS) is 17.8. The van der Waals surface area contributed by atoms with Gasteiger partial charge >= 0.3 is 5.97 Å². The Morgan fingerprint density at radius 3 is 2.68 bits per heavy atom. The van der Waals surface area contributed by atoms with Gasteiger partial charge in [0.15, 0.2) is 11.6 Å². The van der Waals surface area contributed by atoms with Gasteiger partial charge in [-0.1, -0.05) is 0 Å². The van der Waals surface area contributed by atoms with E-state index in [1.54, 1.807) is 4.90 Å². The number of rotatable bonds is 3. The summed E-state index contributed by atoms with van der Waals surface area (Å²) in [5.41, 5.74) is 0.481. The van der Waals surface area contributed by atoms with Gasteiger partial charge in [-0.25, -0.2) is 8.78 Å². The van der Waals surface area contributed by atoms with Crippen molar-refractivity contribution < 1.29 is 23.1 Å². The summed E-state index contributed by atoms with van der Waals surface area (Å²) in [6.07, 6.45) is 0. The van der Waals surface area contributed by atoms with Gasteiger partial charge in [-0.05, 0) is 19.1 Å². The van der Waals surface area contributed by atoms with E-state index in [1.165, 1.54) is 17.7 Å². The molecule has 0 saturated carbocycles. The number of ether oxygens (including phenoxy) is 1. The zero-order valence-corrected chi connectivity index (χ0v) is 14.0. The minimum absolute atomic E-state index is 0.0284. The third-order valence-corrected chi connectivity index (χ3v) is 4.44. The molecule has 0 aliphatic carbocycles. The van der Waals surface area contributed by atoms with Crippen molar-refractivity contribution in [2.75, 3.05) is 26.7 Å². The van der Waals surface area contributed by atoms with Gasteiger partial charge in [0.1, 0.15) is 12.2 Å². The number of amides is 1. The predicted octanol–water partition coefficient (Wildman–Crippen LogP) is 1.53. The van der Waals surface area contributed by atoms with Crippen LogP contribution in [0.1, 0.15) is 17.4 Å². The number of fused-ring (bicyclic) bond motifs is 1. The van der Waals surface area contributed by atoms with Crippen LogP contribution in [0.25, 0.3) is 10.9 Å². The number of halogens is 2. The number of carbonyl (C=O) groups is 2. The number of hydrogen-bond acceptors (Lipinski definition) is 4. The van der Waals surface area contributed by atoms with Crippen LogP contribution in [0.4, 0.5) is 8.78 Å². The summed E-state index contributed by atoms with van der Waals surface area (Å²) >= 11 is 0. The summed E-state index contributed by atoms with van der Waals surface area (Å²) in [5.74, 6) is -2.90. The lowest BCUT2D eigenvalue weighted by Gasteiger charge is -2.34. The SMILES string of the molecule is COC(=O)Cn1c(C(=O)N2CCNC[C@@H]2C)cc2cc(F)c(F)cc21. The van der Waals surface area contributed by atoms with Crippen LogP contribution >= 0.6 is 0 Å². The molecule has 0 radical (unpaired) electrons. The molecule has 1 N–H and O–H groups in total. The van der Waals surface area contributed by atoms with E-state index < -0.39 is 17.6 Å². The Balaban J connectivity index is 2.10. The van der Waals surface area contributed by atoms with Crippen LogP contribution in [-0.2, 0) is 16.1 Å². The minimum Gasteiger partial charge on any atom is -0.468 e. The lowest BCUT2D eigenvalue weighted by Crippen LogP contribution is -2.52. The molecule has 1 atom stereocenters. The summed E-state index contributed by atoms with van der Waals surface area (Å²) in [4.78, 5) is 26.4. The van der Waals surface area contributed by atoms with Crippen LogP contribution in [0.2, 0.25) is 0 Å². The molecular formula is C17H19F2N3O3. The fourth-order valence-corrected chi connectivity index (χ4v) is 3.09. The van der Waals surface area contributed by atoms with Crippen LogP contribution < -0.4 is 5.32 Å². The van der Waals surface area contributed by atoms with E-state index in [0.29, 0.717) is 25.0 Å². The van der Waals surface area contributed by atoms with E-state index >= 15 is 0 Å². The average Bonchev–Trinajstić information content (AvgIpc) is 2.92. The van der Waals surface area contributed by atoms with E-state index in [4.69, 9.17) is 0 Å². The molecule has 2 heterocycles. The van der Waals surface area contributed by atoms with Gasteiger partial charge in [-0.3, -0.25) is 9.59 Å². The molecule has 1 aliphatic rings. The number of methoxy groups -OCH3 is 1. The third-order valence-electron chi connectivity index (χ3n) is 4.44. The highest BCUT2D eigenvalue weighted by molar-refractivity contribution is 5.99. The zero-order chi connectivity index (χ0) is 18.1. The Labute approximate surface area is 143 Å². The molecule has 0 unspecified atom stereocenters. The number of carbonyl (C=O) groups excluding carboxylic acids is 2. The molecule has 3 rings (SSSR count). The first kappa shape index (κ1) is 17.3. The second-order valence-corrected chi connectivity index (χ2v) is 6.07. The van der Waals surface area contributed by atoms with Gasteiger partial charge < -0.3 is 19.5 Å². The summed E-state index contributed by atoms with van der Waals surface area (Å²) < 4.78 is 33.3. The first-order chi connectivity index (χ1) is 11.9. The standard InChI is InChI=1S/C17H19F2N3O3/c1-10-8-20-3-4-21(10)17(24)15-6-11-5-12(18)13(19)7-14(11)22(15)9-16(23)25-2/h5-7,10,20H,3-4,8-9H2,1-2H3/t10-/m0/s1. The maximum atomic E-state index is 13.7. The van der Waals surface area contributed by atoms with E-state index in [-0.39, 0.29) is 29.7 Å². The molecule has 0 spiro atoms. The highest BCUT2D eigenvalue weighted by Crippen LogP contribution is 2.25. The molecule has 2 aromatic rings. The maximum Gasteiger partial charge on any atom is 0.325 e. The topological polar surface area (TPSA) is 63.6 Å². The van der Waals surface area contributed by atoms with Crippen molar-refractivity contribution in [1.82, 2.24) is 14.8 Å². The first-order valence-electron chi connectivity index (χ1n) is 7.99. The van der Waals surface area contributed by atoms with E-state index in [2.05, 4.69) is 10.1 Å². The maximum absolute atomic E-state index is 13.7. The largest absolute Gasteiger partial charge is 0.468 e. The van der Waals surface area contributed by atoms with Crippen LogP contribution in [0.15, 0.2) is 18.2 Å². The molecule has 1 fully saturated rings. The minimum atomic E-state index is -1.04. The van der Waals surface area contributed by atoms with Gasteiger partial charge in [0.2, 0.25) is 0 Å². The smallest absolute Gasteiger partial charge is 0.325 e. The average molecular weight is 351 g/mol. The lowest BCUT2D eigenvalue weighted by molar-refractivity contribution is -0.141. The number of hydrogen-bond donors (Lipinski definition) is 1. The molecule has 1 amide bonds. The van der Waals surface area contributed by atoms with Gasteiger partial charge in [-0.2, -0.15) is 0 Å². The molecular weight excluding hydrogens is 332 g/mol. The van der Waals surface area contributed by atoms with Crippen LogP contribution in [0.3, 0.4) is 0 Å². The Bertz CT molecular complexity index is 834. The summed E-state index contributed by atoms with van der Waals surface area (Å²) in [7, 11) is 1.23. The van der Waals surface area contributed by atoms with Crippen molar-refractivity contribution in [3.63, 3.8) is 0 Å². The highest BCUT2D eigenvalue weighted by Gasteiger charge is 2.28. The van der Waals surface area contributed by atoms with Crippen molar-refractivity contribution in [2.45, 2.75) is 19.5 Å². The summed E-state index contributed by atoms with van der Waals surface area (Å²) in [5, 5.41) is 3.55. The number of nitrogens with one attached hydrogen (secondary N) is 1. The molecule has 1 saturated heterocycles. The molecule has 8 heteroatoms. The zero-order valence-electron chi connectivity index (χ0n) is 14.0. The first-order valence-corrected chi connectivity index (χ1v) is 7.99. The number of esters is 1. The molecule has 1 aliphatic heterocycles. The monoisotopic (exact) mass is 351 g/mol. The fraction of sp³-hybridized carbons (Fsp3) is 0.412. The van der Waals surface area contributed by atoms with Gasteiger partial charge in [0.25, 0.3) is 5.91 Å². The highest BCUT2D eigenvalue weighted by atomic mass is 19.2. The van der Waals surface area contributed by atoms with Gasteiger partial charge in [-0.15, -0.1) is 0 Å². The number of piperazine rings is 1. The molecule has 134 valence electrons. The van der Waals surface area contributed by atoms with Crippen LogP contribution in [-0.4, -0.2) is 54.1 Å². The number of nitrogens with zero attached hydrogens (tertiary/aromatic N) is 2. The van der Waals surface area contributed by atoms with Crippen LogP contribution in [0.5, 0.6) is 0 Å². The van der Waals surface area contributed by atoms with E-state index in [0.717, 1.165) is 12.1 Å². The Morgan fingerprint density at radius 1 is 1.28 bits per heavy atom. The predicted molar refractivity (Wildman–Crippen MR) is 87.2 cm³/mol. The van der Waals surface area contributed by atoms with Crippen molar-refractivity contribution in [3.05, 3.63) is 35.5 Å². The van der Waals surface area contributed by atoms with Crippen molar-refractivity contribution in [1.29, 1.82) is 0 Å². The van der Waals surface area contributed by atoms with Crippen molar-refractivity contribution >= 4 is 22.8 Å². The molecule has 1 aromatic carbocycles. The van der Waals surface area contributed by atoms with Crippen molar-refractivity contribution in [3.8, 4) is 0 Å². The van der Waals surface area contributed by atoms with E-state index in [9.17, 15) is 18.4 Å². The Kier molecular flexibility index (Phi) is 4.71. The molecule has 1 aromatic heterocycles. The Morgan fingerprint density at radius 2 is 2.00 bits per heavy atom. The summed E-state index contributed by atoms with van der Waals surface area (Å²) in [6, 6.07) is 3.47. The number of benzene rings is 1. The second kappa shape index (κ2) is 6.79. The number of aromatic nitrogens is 1. The van der Waals surface area contributed by atoms with Crippen molar-refractivity contribution in [2.24, 2.45) is 0 Å². The molecule has 0 bridgehead atoms. The second-order valence-electron chi connectivity index (χ2n) is 6.07. The molecule has 6 nitrogen and oxygen atoms in total. The van der Waals surface area contributed by atoms with Gasteiger partial charge in [0.05, 0.1) is 12.6 Å². The lowest BCUT2D eigenvalue weighted by atomic mass is 10.2. The molecule has 25 heavy (non-hydrogen) atoms. The summed E-state index contributed by atoms with van der Waals surface area (Å²) in [6.45, 7) is 3.49. The fourth-order valence-electron chi connectivity index (χ4n) is 3.09. The quantitative estimate of drug-likeness (QED) is 0.852. The van der Waals surface area contributed by atoms with E-state index in [1.807, 2.05) is 6.92 Å². The van der Waals surface area contributed by atoms with Crippen LogP contribution in [0, 0.1) is 11.6 Å².